The van der Waals surface area contributed by atoms with Crippen molar-refractivity contribution < 1.29 is 27.1 Å². The molecule has 0 radical (unpaired) electrons. The Labute approximate surface area is 147 Å². The summed E-state index contributed by atoms with van der Waals surface area (Å²) in [4.78, 5) is 15.6. The molecule has 0 saturated heterocycles. The fraction of sp³-hybridized carbons (Fsp3) is 0.294. The smallest absolute Gasteiger partial charge is 0.340 e. The van der Waals surface area contributed by atoms with E-state index in [0.29, 0.717) is 17.8 Å². The Kier molecular flexibility index (Phi) is 6.37. The van der Waals surface area contributed by atoms with Gasteiger partial charge in [-0.05, 0) is 24.1 Å². The number of benzene rings is 1. The lowest BCUT2D eigenvalue weighted by Crippen LogP contribution is -2.33. The number of ether oxygens (including phenoxy) is 1. The number of hydrogen-bond acceptors (Lipinski definition) is 4. The molecule has 0 aliphatic carbocycles. The SMILES string of the molecule is Nc1ccccc1CCC(=O)Nc1ccc(OCC(F)(F)C(F)F)nc1. The highest BCUT2D eigenvalue weighted by atomic mass is 19.3. The van der Waals surface area contributed by atoms with Crippen molar-refractivity contribution in [2.24, 2.45) is 0 Å². The van der Waals surface area contributed by atoms with Crippen LogP contribution in [0.2, 0.25) is 0 Å². The molecule has 9 heteroatoms. The van der Waals surface area contributed by atoms with Gasteiger partial charge in [-0.15, -0.1) is 0 Å². The third kappa shape index (κ3) is 5.61. The highest BCUT2D eigenvalue weighted by Gasteiger charge is 2.41. The predicted molar refractivity (Wildman–Crippen MR) is 88.5 cm³/mol. The predicted octanol–water partition coefficient (Wildman–Crippen LogP) is 3.51. The van der Waals surface area contributed by atoms with Gasteiger partial charge in [0, 0.05) is 18.2 Å². The van der Waals surface area contributed by atoms with Gasteiger partial charge in [-0.3, -0.25) is 4.79 Å². The number of pyridine rings is 1. The van der Waals surface area contributed by atoms with Gasteiger partial charge >= 0.3 is 12.3 Å². The van der Waals surface area contributed by atoms with E-state index in [2.05, 4.69) is 15.0 Å². The van der Waals surface area contributed by atoms with E-state index in [9.17, 15) is 22.4 Å². The van der Waals surface area contributed by atoms with Crippen molar-refractivity contribution in [1.82, 2.24) is 4.98 Å². The second kappa shape index (κ2) is 8.50. The Balaban J connectivity index is 1.83. The number of para-hydroxylation sites is 1. The van der Waals surface area contributed by atoms with Crippen LogP contribution in [0.4, 0.5) is 28.9 Å². The second-order valence-corrected chi connectivity index (χ2v) is 5.48. The first-order valence-corrected chi connectivity index (χ1v) is 7.66. The van der Waals surface area contributed by atoms with E-state index in [1.165, 1.54) is 18.3 Å². The third-order valence-electron chi connectivity index (χ3n) is 3.43. The lowest BCUT2D eigenvalue weighted by atomic mass is 10.1. The van der Waals surface area contributed by atoms with Gasteiger partial charge in [0.1, 0.15) is 0 Å². The van der Waals surface area contributed by atoms with Gasteiger partial charge in [0.05, 0.1) is 11.9 Å². The van der Waals surface area contributed by atoms with Gasteiger partial charge in [-0.25, -0.2) is 13.8 Å². The maximum atomic E-state index is 12.8. The van der Waals surface area contributed by atoms with Gasteiger partial charge in [0.25, 0.3) is 0 Å². The number of aromatic nitrogens is 1. The number of nitrogens with zero attached hydrogens (tertiary/aromatic N) is 1. The van der Waals surface area contributed by atoms with E-state index in [1.54, 1.807) is 12.1 Å². The third-order valence-corrected chi connectivity index (χ3v) is 3.43. The number of nitrogens with one attached hydrogen (secondary N) is 1. The topological polar surface area (TPSA) is 77.2 Å². The summed E-state index contributed by atoms with van der Waals surface area (Å²) in [6, 6.07) is 9.76. The highest BCUT2D eigenvalue weighted by Crippen LogP contribution is 2.24. The summed E-state index contributed by atoms with van der Waals surface area (Å²) in [6.45, 7) is -1.48. The monoisotopic (exact) mass is 371 g/mol. The van der Waals surface area contributed by atoms with Crippen molar-refractivity contribution in [2.75, 3.05) is 17.7 Å². The van der Waals surface area contributed by atoms with Crippen LogP contribution in [0, 0.1) is 0 Å². The number of anilines is 2. The number of nitrogens with two attached hydrogens (primary N) is 1. The number of amides is 1. The van der Waals surface area contributed by atoms with Crippen LogP contribution in [0.5, 0.6) is 5.88 Å². The quantitative estimate of drug-likeness (QED) is 0.550. The number of nitrogen functional groups attached to an aromatic ring is 1. The second-order valence-electron chi connectivity index (χ2n) is 5.48. The molecular formula is C17H17F4N3O2. The van der Waals surface area contributed by atoms with Crippen molar-refractivity contribution in [2.45, 2.75) is 25.2 Å². The summed E-state index contributed by atoms with van der Waals surface area (Å²) in [7, 11) is 0. The van der Waals surface area contributed by atoms with Crippen LogP contribution in [-0.2, 0) is 11.2 Å². The van der Waals surface area contributed by atoms with E-state index < -0.39 is 19.0 Å². The van der Waals surface area contributed by atoms with Crippen LogP contribution in [0.15, 0.2) is 42.6 Å². The molecule has 2 aromatic rings. The molecular weight excluding hydrogens is 354 g/mol. The summed E-state index contributed by atoms with van der Waals surface area (Å²) >= 11 is 0. The first-order chi connectivity index (χ1) is 12.3. The van der Waals surface area contributed by atoms with Gasteiger partial charge in [-0.1, -0.05) is 18.2 Å². The molecule has 140 valence electrons. The van der Waals surface area contributed by atoms with E-state index in [1.807, 2.05) is 12.1 Å². The zero-order chi connectivity index (χ0) is 19.2. The molecule has 0 aliphatic rings. The number of carbonyl (C=O) groups is 1. The fourth-order valence-electron chi connectivity index (χ4n) is 2.01. The van der Waals surface area contributed by atoms with Crippen LogP contribution in [0.3, 0.4) is 0 Å². The molecule has 0 aliphatic heterocycles. The molecule has 2 rings (SSSR count). The van der Waals surface area contributed by atoms with Gasteiger partial charge in [-0.2, -0.15) is 8.78 Å². The van der Waals surface area contributed by atoms with Crippen LogP contribution in [0.1, 0.15) is 12.0 Å². The summed E-state index contributed by atoms with van der Waals surface area (Å²) in [5.41, 5.74) is 7.57. The number of hydrogen-bond donors (Lipinski definition) is 2. The van der Waals surface area contributed by atoms with Crippen LogP contribution in [-0.4, -0.2) is 29.8 Å². The largest absolute Gasteiger partial charge is 0.471 e. The van der Waals surface area contributed by atoms with Crippen molar-refractivity contribution in [1.29, 1.82) is 0 Å². The van der Waals surface area contributed by atoms with Crippen LogP contribution >= 0.6 is 0 Å². The van der Waals surface area contributed by atoms with Gasteiger partial charge in [0.15, 0.2) is 6.61 Å². The normalized spacial score (nSPS) is 11.4. The number of aryl methyl sites for hydroxylation is 1. The van der Waals surface area contributed by atoms with Gasteiger partial charge in [0.2, 0.25) is 11.8 Å². The molecule has 0 saturated carbocycles. The molecule has 0 fully saturated rings. The van der Waals surface area contributed by atoms with Crippen molar-refractivity contribution in [3.8, 4) is 5.88 Å². The fourth-order valence-corrected chi connectivity index (χ4v) is 2.01. The molecule has 1 amide bonds. The van der Waals surface area contributed by atoms with Crippen molar-refractivity contribution in [3.05, 3.63) is 48.2 Å². The maximum Gasteiger partial charge on any atom is 0.340 e. The minimum Gasteiger partial charge on any atom is -0.471 e. The first-order valence-electron chi connectivity index (χ1n) is 7.66. The molecule has 0 bridgehead atoms. The lowest BCUT2D eigenvalue weighted by Gasteiger charge is -2.15. The molecule has 1 heterocycles. The molecule has 26 heavy (non-hydrogen) atoms. The average Bonchev–Trinajstić information content (AvgIpc) is 2.60. The lowest BCUT2D eigenvalue weighted by molar-refractivity contribution is -0.148. The standard InChI is InChI=1S/C17H17F4N3O2/c18-16(19)17(20,21)10-26-15-8-6-12(9-23-15)24-14(25)7-5-11-3-1-2-4-13(11)22/h1-4,6,8-9,16H,5,7,10,22H2,(H,24,25). The average molecular weight is 371 g/mol. The first kappa shape index (κ1) is 19.5. The van der Waals surface area contributed by atoms with Crippen molar-refractivity contribution in [3.63, 3.8) is 0 Å². The Morgan fingerprint density at radius 2 is 1.96 bits per heavy atom. The van der Waals surface area contributed by atoms with E-state index in [4.69, 9.17) is 5.73 Å². The Morgan fingerprint density at radius 3 is 2.58 bits per heavy atom. The number of rotatable bonds is 8. The summed E-state index contributed by atoms with van der Waals surface area (Å²) in [5, 5.41) is 2.58. The molecule has 5 nitrogen and oxygen atoms in total. The Hall–Kier alpha value is -2.84. The number of halogens is 4. The molecule has 3 N–H and O–H groups in total. The minimum atomic E-state index is -4.26. The number of carbonyl (C=O) groups excluding carboxylic acids is 1. The Bertz CT molecular complexity index is 739. The van der Waals surface area contributed by atoms with Crippen LogP contribution in [0.25, 0.3) is 0 Å². The zero-order valence-corrected chi connectivity index (χ0v) is 13.6. The summed E-state index contributed by atoms with van der Waals surface area (Å²) < 4.78 is 54.2. The van der Waals surface area contributed by atoms with E-state index in [0.717, 1.165) is 5.56 Å². The molecule has 0 spiro atoms. The molecule has 0 unspecified atom stereocenters. The summed E-state index contributed by atoms with van der Waals surface area (Å²) in [6.07, 6.45) is -1.99. The van der Waals surface area contributed by atoms with E-state index >= 15 is 0 Å². The van der Waals surface area contributed by atoms with Gasteiger partial charge < -0.3 is 15.8 Å². The highest BCUT2D eigenvalue weighted by molar-refractivity contribution is 5.90. The molecule has 0 atom stereocenters. The molecule has 1 aromatic heterocycles. The molecule has 1 aromatic carbocycles. The van der Waals surface area contributed by atoms with Crippen molar-refractivity contribution >= 4 is 17.3 Å². The van der Waals surface area contributed by atoms with E-state index in [-0.39, 0.29) is 18.2 Å². The maximum absolute atomic E-state index is 12.8. The van der Waals surface area contributed by atoms with Crippen LogP contribution < -0.4 is 15.8 Å². The Morgan fingerprint density at radius 1 is 1.23 bits per heavy atom. The minimum absolute atomic E-state index is 0.188. The summed E-state index contributed by atoms with van der Waals surface area (Å²) in [5.74, 6) is -4.79. The zero-order valence-electron chi connectivity index (χ0n) is 13.6. The number of alkyl halides is 4.